The Morgan fingerprint density at radius 3 is 2.21 bits per heavy atom. The van der Waals surface area contributed by atoms with Gasteiger partial charge in [-0.2, -0.15) is 13.2 Å². The number of nitrogen functional groups attached to an aromatic ring is 1. The maximum absolute atomic E-state index is 12.5. The van der Waals surface area contributed by atoms with Gasteiger partial charge in [-0.05, 0) is 46.1 Å². The van der Waals surface area contributed by atoms with Crippen molar-refractivity contribution in [3.8, 4) is 5.75 Å². The van der Waals surface area contributed by atoms with E-state index in [1.807, 2.05) is 32.8 Å². The first-order valence-electron chi connectivity index (χ1n) is 5.81. The summed E-state index contributed by atoms with van der Waals surface area (Å²) in [6.45, 7) is 4.26. The molecule has 0 saturated heterocycles. The molecule has 0 atom stereocenters. The Balaban J connectivity index is 2.82. The lowest BCUT2D eigenvalue weighted by atomic mass is 10.1. The zero-order valence-electron chi connectivity index (χ0n) is 11.5. The predicted molar refractivity (Wildman–Crippen MR) is 69.1 cm³/mol. The van der Waals surface area contributed by atoms with Crippen molar-refractivity contribution in [2.45, 2.75) is 25.6 Å². The fourth-order valence-electron chi connectivity index (χ4n) is 1.24. The van der Waals surface area contributed by atoms with E-state index >= 15 is 0 Å². The topological polar surface area (TPSA) is 38.5 Å². The van der Waals surface area contributed by atoms with Crippen LogP contribution in [0.1, 0.15) is 19.4 Å². The highest BCUT2D eigenvalue weighted by atomic mass is 19.4. The molecule has 0 aliphatic carbocycles. The number of benzene rings is 1. The van der Waals surface area contributed by atoms with E-state index in [0.717, 1.165) is 12.1 Å². The van der Waals surface area contributed by atoms with Crippen molar-refractivity contribution in [1.82, 2.24) is 4.90 Å². The van der Waals surface area contributed by atoms with Crippen molar-refractivity contribution in [3.05, 3.63) is 23.8 Å². The van der Waals surface area contributed by atoms with Crippen LogP contribution in [0.3, 0.4) is 0 Å². The van der Waals surface area contributed by atoms with Gasteiger partial charge in [0.15, 0.2) is 0 Å². The number of rotatable bonds is 4. The largest absolute Gasteiger partial charge is 0.490 e. The second-order valence-electron chi connectivity index (χ2n) is 5.25. The Hall–Kier alpha value is -1.43. The standard InChI is InChI=1S/C13H19F3N2O/c1-12(2,18(3)4)8-19-11-6-5-9(7-10(11)17)13(14,15)16/h5-7H,8,17H2,1-4H3. The van der Waals surface area contributed by atoms with E-state index in [4.69, 9.17) is 10.5 Å². The van der Waals surface area contributed by atoms with Crippen molar-refractivity contribution in [2.24, 2.45) is 0 Å². The van der Waals surface area contributed by atoms with Crippen LogP contribution in [0, 0.1) is 0 Å². The van der Waals surface area contributed by atoms with Crippen LogP contribution in [0.25, 0.3) is 0 Å². The predicted octanol–water partition coefficient (Wildman–Crippen LogP) is 3.01. The molecular formula is C13H19F3N2O. The minimum absolute atomic E-state index is 0.00983. The molecule has 2 N–H and O–H groups in total. The van der Waals surface area contributed by atoms with Gasteiger partial charge in [0.1, 0.15) is 12.4 Å². The van der Waals surface area contributed by atoms with Gasteiger partial charge in [-0.3, -0.25) is 0 Å². The minimum atomic E-state index is -4.39. The van der Waals surface area contributed by atoms with Crippen LogP contribution in [-0.2, 0) is 6.18 Å². The smallest absolute Gasteiger partial charge is 0.416 e. The van der Waals surface area contributed by atoms with E-state index in [0.29, 0.717) is 6.61 Å². The van der Waals surface area contributed by atoms with Gasteiger partial charge in [0.25, 0.3) is 0 Å². The van der Waals surface area contributed by atoms with Crippen LogP contribution in [0.15, 0.2) is 18.2 Å². The molecule has 19 heavy (non-hydrogen) atoms. The number of ether oxygens (including phenoxy) is 1. The zero-order valence-corrected chi connectivity index (χ0v) is 11.5. The van der Waals surface area contributed by atoms with Gasteiger partial charge < -0.3 is 15.4 Å². The fourth-order valence-corrected chi connectivity index (χ4v) is 1.24. The average Bonchev–Trinajstić information content (AvgIpc) is 2.25. The van der Waals surface area contributed by atoms with Crippen LogP contribution in [-0.4, -0.2) is 31.1 Å². The first kappa shape index (κ1) is 15.6. The molecule has 0 amide bonds. The first-order chi connectivity index (χ1) is 8.54. The zero-order chi connectivity index (χ0) is 14.8. The normalized spacial score (nSPS) is 12.8. The van der Waals surface area contributed by atoms with E-state index in [2.05, 4.69) is 0 Å². The van der Waals surface area contributed by atoms with Crippen molar-refractivity contribution >= 4 is 5.69 Å². The van der Waals surface area contributed by atoms with E-state index in [1.165, 1.54) is 6.07 Å². The van der Waals surface area contributed by atoms with Crippen LogP contribution >= 0.6 is 0 Å². The maximum atomic E-state index is 12.5. The summed E-state index contributed by atoms with van der Waals surface area (Å²) in [7, 11) is 3.80. The van der Waals surface area contributed by atoms with Gasteiger partial charge in [-0.25, -0.2) is 0 Å². The maximum Gasteiger partial charge on any atom is 0.416 e. The second kappa shape index (κ2) is 5.28. The van der Waals surface area contributed by atoms with Crippen molar-refractivity contribution in [1.29, 1.82) is 0 Å². The van der Waals surface area contributed by atoms with E-state index < -0.39 is 11.7 Å². The van der Waals surface area contributed by atoms with E-state index in [1.54, 1.807) is 0 Å². The molecule has 0 radical (unpaired) electrons. The van der Waals surface area contributed by atoms with Crippen molar-refractivity contribution in [3.63, 3.8) is 0 Å². The highest BCUT2D eigenvalue weighted by Crippen LogP contribution is 2.33. The molecule has 0 fully saturated rings. The molecule has 0 heterocycles. The molecule has 0 spiro atoms. The minimum Gasteiger partial charge on any atom is -0.490 e. The molecule has 108 valence electrons. The SMILES string of the molecule is CN(C)C(C)(C)COc1ccc(C(F)(F)F)cc1N. The van der Waals surface area contributed by atoms with Crippen LogP contribution in [0.4, 0.5) is 18.9 Å². The summed E-state index contributed by atoms with van der Waals surface area (Å²) < 4.78 is 42.9. The Morgan fingerprint density at radius 1 is 1.21 bits per heavy atom. The number of anilines is 1. The molecule has 1 aromatic carbocycles. The third-order valence-corrected chi connectivity index (χ3v) is 3.13. The van der Waals surface area contributed by atoms with Crippen LogP contribution < -0.4 is 10.5 Å². The fraction of sp³-hybridized carbons (Fsp3) is 0.538. The molecule has 0 saturated carbocycles. The summed E-state index contributed by atoms with van der Waals surface area (Å²) in [5.41, 5.74) is 4.56. The van der Waals surface area contributed by atoms with Crippen LogP contribution in [0.5, 0.6) is 5.75 Å². The second-order valence-corrected chi connectivity index (χ2v) is 5.25. The van der Waals surface area contributed by atoms with Gasteiger partial charge in [-0.1, -0.05) is 0 Å². The monoisotopic (exact) mass is 276 g/mol. The Bertz CT molecular complexity index is 442. The molecule has 0 unspecified atom stereocenters. The Labute approximate surface area is 111 Å². The Kier molecular flexibility index (Phi) is 4.35. The summed E-state index contributed by atoms with van der Waals surface area (Å²) in [6.07, 6.45) is -4.39. The van der Waals surface area contributed by atoms with Crippen molar-refractivity contribution in [2.75, 3.05) is 26.4 Å². The lowest BCUT2D eigenvalue weighted by Gasteiger charge is -2.32. The number of hydrogen-bond acceptors (Lipinski definition) is 3. The molecule has 0 aliphatic rings. The lowest BCUT2D eigenvalue weighted by molar-refractivity contribution is -0.137. The molecule has 0 aliphatic heterocycles. The summed E-state index contributed by atoms with van der Waals surface area (Å²) in [6, 6.07) is 3.11. The van der Waals surface area contributed by atoms with Crippen LogP contribution in [0.2, 0.25) is 0 Å². The number of nitrogens with two attached hydrogens (primary N) is 1. The molecule has 3 nitrogen and oxygen atoms in total. The van der Waals surface area contributed by atoms with Gasteiger partial charge in [0.2, 0.25) is 0 Å². The highest BCUT2D eigenvalue weighted by Gasteiger charge is 2.31. The van der Waals surface area contributed by atoms with E-state index in [9.17, 15) is 13.2 Å². The van der Waals surface area contributed by atoms with Gasteiger partial charge in [-0.15, -0.1) is 0 Å². The average molecular weight is 276 g/mol. The molecular weight excluding hydrogens is 257 g/mol. The Morgan fingerprint density at radius 2 is 1.79 bits per heavy atom. The summed E-state index contributed by atoms with van der Waals surface area (Å²) >= 11 is 0. The first-order valence-corrected chi connectivity index (χ1v) is 5.81. The van der Waals surface area contributed by atoms with Gasteiger partial charge in [0.05, 0.1) is 11.3 Å². The highest BCUT2D eigenvalue weighted by molar-refractivity contribution is 5.54. The number of nitrogens with zero attached hydrogens (tertiary/aromatic N) is 1. The number of alkyl halides is 3. The summed E-state index contributed by atoms with van der Waals surface area (Å²) in [5.74, 6) is 0.267. The van der Waals surface area contributed by atoms with Gasteiger partial charge in [0, 0.05) is 5.54 Å². The number of hydrogen-bond donors (Lipinski definition) is 1. The molecule has 1 rings (SSSR count). The summed E-state index contributed by atoms with van der Waals surface area (Å²) in [5, 5.41) is 0. The quantitative estimate of drug-likeness (QED) is 0.859. The molecule has 0 aromatic heterocycles. The molecule has 0 bridgehead atoms. The van der Waals surface area contributed by atoms with E-state index in [-0.39, 0.29) is 17.0 Å². The number of halogens is 3. The lowest BCUT2D eigenvalue weighted by Crippen LogP contribution is -2.43. The third kappa shape index (κ3) is 4.02. The van der Waals surface area contributed by atoms with Crippen molar-refractivity contribution < 1.29 is 17.9 Å². The van der Waals surface area contributed by atoms with Gasteiger partial charge >= 0.3 is 6.18 Å². The summed E-state index contributed by atoms with van der Waals surface area (Å²) in [4.78, 5) is 1.97. The number of likely N-dealkylation sites (N-methyl/N-ethyl adjacent to an activating group) is 1. The third-order valence-electron chi connectivity index (χ3n) is 3.13. The molecule has 1 aromatic rings. The molecule has 6 heteroatoms.